The molecule has 0 radical (unpaired) electrons. The van der Waals surface area contributed by atoms with Gasteiger partial charge in [0.25, 0.3) is 0 Å². The van der Waals surface area contributed by atoms with Crippen molar-refractivity contribution in [2.45, 2.75) is 19.8 Å². The molecule has 0 unspecified atom stereocenters. The zero-order chi connectivity index (χ0) is 17.1. The molecule has 3 aromatic rings. The number of benzene rings is 2. The van der Waals surface area contributed by atoms with E-state index in [-0.39, 0.29) is 5.91 Å². The fourth-order valence-corrected chi connectivity index (χ4v) is 2.79. The van der Waals surface area contributed by atoms with Gasteiger partial charge in [0.1, 0.15) is 11.3 Å². The summed E-state index contributed by atoms with van der Waals surface area (Å²) >= 11 is 3.43. The number of rotatable bonds is 4. The number of fused-ring (bicyclic) bond motifs is 1. The Bertz CT molecular complexity index is 892. The van der Waals surface area contributed by atoms with Gasteiger partial charge >= 0.3 is 0 Å². The minimum absolute atomic E-state index is 0.186. The average Bonchev–Trinajstić information content (AvgIpc) is 2.95. The average molecular weight is 384 g/mol. The van der Waals surface area contributed by atoms with Gasteiger partial charge in [0.05, 0.1) is 0 Å². The summed E-state index contributed by atoms with van der Waals surface area (Å²) in [5.41, 5.74) is 2.82. The molecule has 0 spiro atoms. The topological polar surface area (TPSA) is 42.2 Å². The first-order chi connectivity index (χ1) is 11.5. The number of furan rings is 1. The highest BCUT2D eigenvalue weighted by Gasteiger charge is 2.04. The third-order valence-corrected chi connectivity index (χ3v) is 4.23. The summed E-state index contributed by atoms with van der Waals surface area (Å²) in [6.07, 6.45) is 3.15. The number of hydrogen-bond acceptors (Lipinski definition) is 2. The van der Waals surface area contributed by atoms with Crippen molar-refractivity contribution >= 4 is 44.6 Å². The Balaban J connectivity index is 1.67. The van der Waals surface area contributed by atoms with Gasteiger partial charge in [0.2, 0.25) is 5.91 Å². The summed E-state index contributed by atoms with van der Waals surface area (Å²) in [4.78, 5) is 12.0. The van der Waals surface area contributed by atoms with Crippen LogP contribution in [0, 0.1) is 0 Å². The standard InChI is InChI=1S/C20H18BrNO2/c1-13(2)14-3-6-17(7-4-14)22-20(23)10-8-18-12-15-11-16(21)5-9-19(15)24-18/h3-13H,1-2H3,(H,22,23)/b10-8+. The molecule has 0 aliphatic carbocycles. The highest BCUT2D eigenvalue weighted by Crippen LogP contribution is 2.24. The molecule has 0 aliphatic rings. The van der Waals surface area contributed by atoms with E-state index in [0.717, 1.165) is 21.1 Å². The van der Waals surface area contributed by atoms with Crippen LogP contribution in [0.2, 0.25) is 0 Å². The number of hydrogen-bond donors (Lipinski definition) is 1. The zero-order valence-electron chi connectivity index (χ0n) is 13.5. The van der Waals surface area contributed by atoms with Crippen LogP contribution in [0.5, 0.6) is 0 Å². The molecule has 1 heterocycles. The van der Waals surface area contributed by atoms with Crippen molar-refractivity contribution in [2.24, 2.45) is 0 Å². The van der Waals surface area contributed by atoms with Gasteiger partial charge in [0.15, 0.2) is 0 Å². The van der Waals surface area contributed by atoms with E-state index in [4.69, 9.17) is 4.42 Å². The summed E-state index contributed by atoms with van der Waals surface area (Å²) in [6.45, 7) is 4.28. The van der Waals surface area contributed by atoms with Crippen molar-refractivity contribution in [3.63, 3.8) is 0 Å². The molecule has 1 aromatic heterocycles. The number of carbonyl (C=O) groups is 1. The van der Waals surface area contributed by atoms with Crippen LogP contribution in [0.4, 0.5) is 5.69 Å². The number of carbonyl (C=O) groups excluding carboxylic acids is 1. The molecule has 0 fully saturated rings. The van der Waals surface area contributed by atoms with Crippen LogP contribution in [0.1, 0.15) is 31.1 Å². The molecule has 24 heavy (non-hydrogen) atoms. The van der Waals surface area contributed by atoms with Crippen molar-refractivity contribution in [3.05, 3.63) is 70.4 Å². The Morgan fingerprint density at radius 1 is 1.12 bits per heavy atom. The lowest BCUT2D eigenvalue weighted by molar-refractivity contribution is -0.111. The number of halogens is 1. The van der Waals surface area contributed by atoms with Gasteiger partial charge in [-0.15, -0.1) is 0 Å². The first kappa shape index (κ1) is 16.5. The molecule has 0 saturated heterocycles. The van der Waals surface area contributed by atoms with Crippen LogP contribution in [0.3, 0.4) is 0 Å². The largest absolute Gasteiger partial charge is 0.457 e. The second kappa shape index (κ2) is 7.05. The number of amides is 1. The van der Waals surface area contributed by atoms with E-state index in [1.165, 1.54) is 11.6 Å². The maximum Gasteiger partial charge on any atom is 0.248 e. The third kappa shape index (κ3) is 3.95. The smallest absolute Gasteiger partial charge is 0.248 e. The van der Waals surface area contributed by atoms with E-state index in [1.54, 1.807) is 6.08 Å². The van der Waals surface area contributed by atoms with E-state index in [9.17, 15) is 4.79 Å². The van der Waals surface area contributed by atoms with Crippen LogP contribution in [0.25, 0.3) is 17.0 Å². The molecule has 0 bridgehead atoms. The predicted octanol–water partition coefficient (Wildman–Crippen LogP) is 5.97. The van der Waals surface area contributed by atoms with Crippen LogP contribution >= 0.6 is 15.9 Å². The minimum Gasteiger partial charge on any atom is -0.457 e. The van der Waals surface area contributed by atoms with Crippen LogP contribution in [0.15, 0.2) is 63.5 Å². The first-order valence-electron chi connectivity index (χ1n) is 7.79. The quantitative estimate of drug-likeness (QED) is 0.563. The fourth-order valence-electron chi connectivity index (χ4n) is 2.41. The van der Waals surface area contributed by atoms with Crippen LogP contribution < -0.4 is 5.32 Å². The van der Waals surface area contributed by atoms with Crippen molar-refractivity contribution in [1.29, 1.82) is 0 Å². The molecule has 4 heteroatoms. The molecular weight excluding hydrogens is 366 g/mol. The molecule has 0 saturated carbocycles. The number of anilines is 1. The van der Waals surface area contributed by atoms with Crippen LogP contribution in [-0.4, -0.2) is 5.91 Å². The Morgan fingerprint density at radius 3 is 2.58 bits per heavy atom. The monoisotopic (exact) mass is 383 g/mol. The lowest BCUT2D eigenvalue weighted by Crippen LogP contribution is -2.07. The maximum absolute atomic E-state index is 12.0. The van der Waals surface area contributed by atoms with E-state index in [1.807, 2.05) is 48.5 Å². The minimum atomic E-state index is -0.186. The second-order valence-corrected chi connectivity index (χ2v) is 6.85. The van der Waals surface area contributed by atoms with E-state index < -0.39 is 0 Å². The predicted molar refractivity (Wildman–Crippen MR) is 102 cm³/mol. The van der Waals surface area contributed by atoms with E-state index in [2.05, 4.69) is 35.1 Å². The molecule has 122 valence electrons. The maximum atomic E-state index is 12.0. The van der Waals surface area contributed by atoms with Gasteiger partial charge < -0.3 is 9.73 Å². The van der Waals surface area contributed by atoms with Gasteiger partial charge in [-0.25, -0.2) is 0 Å². The van der Waals surface area contributed by atoms with Gasteiger partial charge in [-0.3, -0.25) is 4.79 Å². The summed E-state index contributed by atoms with van der Waals surface area (Å²) in [5.74, 6) is 0.935. The molecule has 3 rings (SSSR count). The summed E-state index contributed by atoms with van der Waals surface area (Å²) in [5, 5.41) is 3.84. The molecule has 0 aliphatic heterocycles. The third-order valence-electron chi connectivity index (χ3n) is 3.74. The molecule has 2 aromatic carbocycles. The van der Waals surface area contributed by atoms with Crippen molar-refractivity contribution in [1.82, 2.24) is 0 Å². The van der Waals surface area contributed by atoms with Crippen molar-refractivity contribution in [3.8, 4) is 0 Å². The normalized spacial score (nSPS) is 11.5. The van der Waals surface area contributed by atoms with E-state index in [0.29, 0.717) is 11.7 Å². The Hall–Kier alpha value is -2.33. The van der Waals surface area contributed by atoms with Crippen LogP contribution in [-0.2, 0) is 4.79 Å². The Morgan fingerprint density at radius 2 is 1.88 bits per heavy atom. The lowest BCUT2D eigenvalue weighted by Gasteiger charge is -2.07. The molecular formula is C20H18BrNO2. The molecule has 1 amide bonds. The summed E-state index contributed by atoms with van der Waals surface area (Å²) < 4.78 is 6.67. The highest BCUT2D eigenvalue weighted by atomic mass is 79.9. The highest BCUT2D eigenvalue weighted by molar-refractivity contribution is 9.10. The fraction of sp³-hybridized carbons (Fsp3) is 0.150. The molecule has 3 nitrogen and oxygen atoms in total. The lowest BCUT2D eigenvalue weighted by atomic mass is 10.0. The van der Waals surface area contributed by atoms with Gasteiger partial charge in [0, 0.05) is 21.6 Å². The summed E-state index contributed by atoms with van der Waals surface area (Å²) in [6, 6.07) is 15.6. The van der Waals surface area contributed by atoms with E-state index >= 15 is 0 Å². The van der Waals surface area contributed by atoms with Crippen molar-refractivity contribution in [2.75, 3.05) is 5.32 Å². The Labute approximate surface area is 149 Å². The summed E-state index contributed by atoms with van der Waals surface area (Å²) in [7, 11) is 0. The first-order valence-corrected chi connectivity index (χ1v) is 8.59. The molecule has 1 N–H and O–H groups in total. The molecule has 0 atom stereocenters. The number of nitrogens with one attached hydrogen (secondary N) is 1. The van der Waals surface area contributed by atoms with Gasteiger partial charge in [-0.2, -0.15) is 0 Å². The second-order valence-electron chi connectivity index (χ2n) is 5.93. The van der Waals surface area contributed by atoms with Crippen molar-refractivity contribution < 1.29 is 9.21 Å². The SMILES string of the molecule is CC(C)c1ccc(NC(=O)/C=C/c2cc3cc(Br)ccc3o2)cc1. The van der Waals surface area contributed by atoms with Gasteiger partial charge in [-0.05, 0) is 54.0 Å². The van der Waals surface area contributed by atoms with Gasteiger partial charge in [-0.1, -0.05) is 41.9 Å². The Kier molecular flexibility index (Phi) is 4.86. The zero-order valence-corrected chi connectivity index (χ0v) is 15.1.